The Hall–Kier alpha value is -2.91. The maximum atomic E-state index is 12.7. The van der Waals surface area contributed by atoms with Gasteiger partial charge in [-0.1, -0.05) is 35.9 Å². The molecule has 0 amide bonds. The normalized spacial score (nSPS) is 15.7. The zero-order chi connectivity index (χ0) is 26.8. The Morgan fingerprint density at radius 2 is 1.95 bits per heavy atom. The second-order valence-corrected chi connectivity index (χ2v) is 11.4. The molecule has 0 aliphatic carbocycles. The molecular weight excluding hydrogens is 520 g/mol. The molecule has 1 saturated heterocycles. The van der Waals surface area contributed by atoms with E-state index in [1.54, 1.807) is 6.33 Å². The van der Waals surface area contributed by atoms with Crippen LogP contribution in [0.3, 0.4) is 0 Å². The van der Waals surface area contributed by atoms with E-state index in [2.05, 4.69) is 47.1 Å². The summed E-state index contributed by atoms with van der Waals surface area (Å²) < 4.78 is 13.3. The average Bonchev–Trinajstić information content (AvgIpc) is 3.52. The summed E-state index contributed by atoms with van der Waals surface area (Å²) in [6.07, 6.45) is 3.82. The highest BCUT2D eigenvalue weighted by Gasteiger charge is 2.24. The van der Waals surface area contributed by atoms with Crippen LogP contribution < -0.4 is 4.74 Å². The van der Waals surface area contributed by atoms with E-state index in [4.69, 9.17) is 21.1 Å². The van der Waals surface area contributed by atoms with Gasteiger partial charge in [-0.15, -0.1) is 11.3 Å². The number of halogens is 1. The van der Waals surface area contributed by atoms with Gasteiger partial charge < -0.3 is 14.4 Å². The average molecular weight is 553 g/mol. The highest BCUT2D eigenvalue weighted by Crippen LogP contribution is 2.37. The molecule has 0 unspecified atom stereocenters. The van der Waals surface area contributed by atoms with Gasteiger partial charge in [0.25, 0.3) is 0 Å². The number of carbonyl (C=O) groups is 1. The fourth-order valence-corrected chi connectivity index (χ4v) is 6.32. The summed E-state index contributed by atoms with van der Waals surface area (Å²) in [6, 6.07) is 16.5. The molecule has 0 saturated carbocycles. The van der Waals surface area contributed by atoms with Crippen molar-refractivity contribution in [1.29, 1.82) is 0 Å². The minimum absolute atomic E-state index is 0.350. The zero-order valence-corrected chi connectivity index (χ0v) is 23.8. The maximum absolute atomic E-state index is 12.7. The molecule has 0 bridgehead atoms. The molecule has 3 heterocycles. The number of fused-ring (bicyclic) bond motifs is 1. The Morgan fingerprint density at radius 3 is 2.66 bits per heavy atom. The van der Waals surface area contributed by atoms with Crippen LogP contribution >= 0.6 is 22.9 Å². The number of likely N-dealkylation sites (tertiary alicyclic amines) is 1. The van der Waals surface area contributed by atoms with Gasteiger partial charge in [-0.3, -0.25) is 9.47 Å². The molecule has 9 heteroatoms. The lowest BCUT2D eigenvalue weighted by molar-refractivity contribution is 0.0600. The highest BCUT2D eigenvalue weighted by molar-refractivity contribution is 7.16. The molecule has 0 radical (unpaired) electrons. The van der Waals surface area contributed by atoms with Crippen molar-refractivity contribution in [2.45, 2.75) is 38.5 Å². The van der Waals surface area contributed by atoms with Crippen LogP contribution in [0.25, 0.3) is 16.0 Å². The lowest BCUT2D eigenvalue weighted by Crippen LogP contribution is -2.41. The molecule has 2 aromatic carbocycles. The van der Waals surface area contributed by atoms with Crippen LogP contribution in [0.1, 0.15) is 46.7 Å². The molecule has 1 aliphatic heterocycles. The summed E-state index contributed by atoms with van der Waals surface area (Å²) in [5, 5.41) is 1.45. The van der Waals surface area contributed by atoms with Crippen LogP contribution in [0.4, 0.5) is 0 Å². The topological polar surface area (TPSA) is 59.8 Å². The number of methoxy groups -OCH3 is 1. The molecule has 0 spiro atoms. The van der Waals surface area contributed by atoms with E-state index in [-0.39, 0.29) is 6.10 Å². The standard InChI is InChI=1S/C29H33ClN4O3S/c1-19(22-7-5-6-8-23(22)30)37-26-16-27(38-28(26)29(35)36-4)34-18-31-24-10-9-20(15-25(24)34)17-33-13-11-21(12-14-33)32(2)3/h5-10,15-16,18-19,21H,11-14,17H2,1-4H3/t19-/m1/s1. The predicted molar refractivity (Wildman–Crippen MR) is 153 cm³/mol. The Balaban J connectivity index is 1.41. The predicted octanol–water partition coefficient (Wildman–Crippen LogP) is 6.19. The number of ether oxygens (including phenoxy) is 2. The maximum Gasteiger partial charge on any atom is 0.351 e. The van der Waals surface area contributed by atoms with E-state index in [9.17, 15) is 4.79 Å². The van der Waals surface area contributed by atoms with Crippen LogP contribution in [-0.2, 0) is 11.3 Å². The SMILES string of the molecule is COC(=O)c1sc(-n2cnc3ccc(CN4CCC(N(C)C)CC4)cc32)cc1O[C@H](C)c1ccccc1Cl. The number of thiophene rings is 1. The van der Waals surface area contributed by atoms with Crippen molar-refractivity contribution in [3.63, 3.8) is 0 Å². The van der Waals surface area contributed by atoms with Gasteiger partial charge in [-0.25, -0.2) is 9.78 Å². The quantitative estimate of drug-likeness (QED) is 0.243. The smallest absolute Gasteiger partial charge is 0.351 e. The molecule has 2 aromatic heterocycles. The third-order valence-corrected chi connectivity index (χ3v) is 8.69. The van der Waals surface area contributed by atoms with Crippen molar-refractivity contribution >= 4 is 39.9 Å². The number of imidazole rings is 1. The molecule has 38 heavy (non-hydrogen) atoms. The third kappa shape index (κ3) is 5.59. The molecule has 0 N–H and O–H groups in total. The van der Waals surface area contributed by atoms with Gasteiger partial charge in [-0.05, 0) is 70.7 Å². The molecule has 1 atom stereocenters. The van der Waals surface area contributed by atoms with Crippen LogP contribution in [0.15, 0.2) is 54.9 Å². The highest BCUT2D eigenvalue weighted by atomic mass is 35.5. The van der Waals surface area contributed by atoms with Crippen molar-refractivity contribution < 1.29 is 14.3 Å². The minimum atomic E-state index is -0.436. The van der Waals surface area contributed by atoms with Gasteiger partial charge in [0.15, 0.2) is 4.88 Å². The molecule has 5 rings (SSSR count). The van der Waals surface area contributed by atoms with Crippen molar-refractivity contribution in [2.24, 2.45) is 0 Å². The van der Waals surface area contributed by atoms with Gasteiger partial charge in [0.1, 0.15) is 23.2 Å². The molecule has 7 nitrogen and oxygen atoms in total. The van der Waals surface area contributed by atoms with Crippen molar-refractivity contribution in [3.05, 3.63) is 75.9 Å². The second kappa shape index (κ2) is 11.5. The van der Waals surface area contributed by atoms with E-state index < -0.39 is 5.97 Å². The summed E-state index contributed by atoms with van der Waals surface area (Å²) in [5.74, 6) is 0.0277. The number of hydrogen-bond donors (Lipinski definition) is 0. The first-order chi connectivity index (χ1) is 18.3. The summed E-state index contributed by atoms with van der Waals surface area (Å²) in [5.41, 5.74) is 4.00. The first-order valence-corrected chi connectivity index (χ1v) is 14.0. The first-order valence-electron chi connectivity index (χ1n) is 12.8. The fourth-order valence-electron chi connectivity index (χ4n) is 5.04. The Morgan fingerprint density at radius 1 is 1.18 bits per heavy atom. The van der Waals surface area contributed by atoms with Gasteiger partial charge in [0, 0.05) is 29.2 Å². The van der Waals surface area contributed by atoms with Crippen molar-refractivity contribution in [1.82, 2.24) is 19.4 Å². The van der Waals surface area contributed by atoms with Crippen LogP contribution in [-0.4, -0.2) is 65.7 Å². The summed E-state index contributed by atoms with van der Waals surface area (Å²) >= 11 is 7.71. The molecule has 1 fully saturated rings. The number of aromatic nitrogens is 2. The molecule has 200 valence electrons. The van der Waals surface area contributed by atoms with Crippen LogP contribution in [0.5, 0.6) is 5.75 Å². The number of esters is 1. The number of rotatable bonds is 8. The van der Waals surface area contributed by atoms with E-state index in [0.717, 1.165) is 41.2 Å². The Kier molecular flexibility index (Phi) is 8.04. The number of benzene rings is 2. The molecule has 1 aliphatic rings. The van der Waals surface area contributed by atoms with Gasteiger partial charge >= 0.3 is 5.97 Å². The number of piperidine rings is 1. The third-order valence-electron chi connectivity index (χ3n) is 7.25. The van der Waals surface area contributed by atoms with Crippen molar-refractivity contribution in [2.75, 3.05) is 34.3 Å². The van der Waals surface area contributed by atoms with E-state index in [0.29, 0.717) is 21.7 Å². The van der Waals surface area contributed by atoms with E-state index in [1.165, 1.54) is 36.9 Å². The Bertz CT molecular complexity index is 1420. The second-order valence-electron chi connectivity index (χ2n) is 9.96. The first kappa shape index (κ1) is 26.7. The lowest BCUT2D eigenvalue weighted by Gasteiger charge is -2.35. The number of hydrogen-bond acceptors (Lipinski definition) is 7. The zero-order valence-electron chi connectivity index (χ0n) is 22.2. The van der Waals surface area contributed by atoms with Gasteiger partial charge in [-0.2, -0.15) is 0 Å². The minimum Gasteiger partial charge on any atom is -0.484 e. The summed E-state index contributed by atoms with van der Waals surface area (Å²) in [4.78, 5) is 22.5. The molecule has 4 aromatic rings. The number of nitrogens with zero attached hydrogens (tertiary/aromatic N) is 4. The lowest BCUT2D eigenvalue weighted by atomic mass is 10.0. The van der Waals surface area contributed by atoms with Gasteiger partial charge in [0.05, 0.1) is 18.1 Å². The fraction of sp³-hybridized carbons (Fsp3) is 0.379. The van der Waals surface area contributed by atoms with E-state index in [1.807, 2.05) is 41.8 Å². The Labute approximate surface area is 232 Å². The van der Waals surface area contributed by atoms with Crippen LogP contribution in [0, 0.1) is 0 Å². The van der Waals surface area contributed by atoms with Crippen molar-refractivity contribution in [3.8, 4) is 10.8 Å². The summed E-state index contributed by atoms with van der Waals surface area (Å²) in [7, 11) is 5.71. The largest absolute Gasteiger partial charge is 0.484 e. The molecular formula is C29H33ClN4O3S. The van der Waals surface area contributed by atoms with E-state index >= 15 is 0 Å². The van der Waals surface area contributed by atoms with Gasteiger partial charge in [0.2, 0.25) is 0 Å². The van der Waals surface area contributed by atoms with Crippen LogP contribution in [0.2, 0.25) is 5.02 Å². The summed E-state index contributed by atoms with van der Waals surface area (Å²) in [6.45, 7) is 5.01. The monoisotopic (exact) mass is 552 g/mol. The number of carbonyl (C=O) groups excluding carboxylic acids is 1.